The lowest BCUT2D eigenvalue weighted by Crippen LogP contribution is -2.31. The molecule has 0 saturated heterocycles. The molecule has 0 bridgehead atoms. The smallest absolute Gasteiger partial charge is 0.439 e. The SMILES string of the molecule is OB(O)c1cc(Oc2ccccc2)ncc1Cl. The molecule has 1 heterocycles. The maximum Gasteiger partial charge on any atom is 0.490 e. The van der Waals surface area contributed by atoms with E-state index in [4.69, 9.17) is 26.4 Å². The third kappa shape index (κ3) is 2.97. The molecule has 0 saturated carbocycles. The fourth-order valence-corrected chi connectivity index (χ4v) is 1.50. The van der Waals surface area contributed by atoms with E-state index in [1.54, 1.807) is 12.1 Å². The van der Waals surface area contributed by atoms with Gasteiger partial charge in [0.05, 0.1) is 5.02 Å². The second-order valence-electron chi connectivity index (χ2n) is 3.33. The summed E-state index contributed by atoms with van der Waals surface area (Å²) in [6.07, 6.45) is 1.31. The Kier molecular flexibility index (Phi) is 3.63. The van der Waals surface area contributed by atoms with Gasteiger partial charge in [0.25, 0.3) is 0 Å². The van der Waals surface area contributed by atoms with Gasteiger partial charge >= 0.3 is 7.12 Å². The van der Waals surface area contributed by atoms with Crippen molar-refractivity contribution in [2.24, 2.45) is 0 Å². The summed E-state index contributed by atoms with van der Waals surface area (Å²) in [5.41, 5.74) is 0.160. The number of hydrogen-bond donors (Lipinski definition) is 2. The molecule has 0 aliphatic rings. The van der Waals surface area contributed by atoms with Crippen LogP contribution in [0.3, 0.4) is 0 Å². The molecule has 1 aromatic carbocycles. The monoisotopic (exact) mass is 249 g/mol. The summed E-state index contributed by atoms with van der Waals surface area (Å²) >= 11 is 5.76. The van der Waals surface area contributed by atoms with Crippen LogP contribution in [-0.4, -0.2) is 22.2 Å². The molecule has 0 radical (unpaired) electrons. The fourth-order valence-electron chi connectivity index (χ4n) is 1.30. The maximum atomic E-state index is 9.08. The molecule has 2 aromatic rings. The van der Waals surface area contributed by atoms with Gasteiger partial charge in [0, 0.05) is 17.7 Å². The van der Waals surface area contributed by atoms with Gasteiger partial charge in [0.2, 0.25) is 5.88 Å². The van der Waals surface area contributed by atoms with E-state index >= 15 is 0 Å². The number of para-hydroxylation sites is 1. The average molecular weight is 249 g/mol. The van der Waals surface area contributed by atoms with Gasteiger partial charge in [0.15, 0.2) is 0 Å². The first-order valence-electron chi connectivity index (χ1n) is 4.91. The summed E-state index contributed by atoms with van der Waals surface area (Å²) in [5, 5.41) is 18.3. The predicted octanol–water partition coefficient (Wildman–Crippen LogP) is 1.21. The van der Waals surface area contributed by atoms with Gasteiger partial charge < -0.3 is 14.8 Å². The Bertz CT molecular complexity index is 507. The van der Waals surface area contributed by atoms with Crippen LogP contribution in [0.1, 0.15) is 0 Å². The van der Waals surface area contributed by atoms with Crippen molar-refractivity contribution in [3.05, 3.63) is 47.6 Å². The Morgan fingerprint density at radius 1 is 1.18 bits per heavy atom. The highest BCUT2D eigenvalue weighted by atomic mass is 35.5. The van der Waals surface area contributed by atoms with E-state index < -0.39 is 7.12 Å². The molecule has 86 valence electrons. The van der Waals surface area contributed by atoms with Crippen molar-refractivity contribution in [1.29, 1.82) is 0 Å². The lowest BCUT2D eigenvalue weighted by Gasteiger charge is -2.07. The summed E-state index contributed by atoms with van der Waals surface area (Å²) in [6.45, 7) is 0. The van der Waals surface area contributed by atoms with E-state index in [-0.39, 0.29) is 16.4 Å². The summed E-state index contributed by atoms with van der Waals surface area (Å²) in [5.74, 6) is 0.865. The van der Waals surface area contributed by atoms with Gasteiger partial charge in [0.1, 0.15) is 5.75 Å². The summed E-state index contributed by atoms with van der Waals surface area (Å²) in [7, 11) is -1.65. The predicted molar refractivity (Wildman–Crippen MR) is 65.6 cm³/mol. The Morgan fingerprint density at radius 2 is 1.88 bits per heavy atom. The van der Waals surface area contributed by atoms with Crippen LogP contribution in [-0.2, 0) is 0 Å². The Morgan fingerprint density at radius 3 is 2.53 bits per heavy atom. The lowest BCUT2D eigenvalue weighted by atomic mass is 9.81. The second kappa shape index (κ2) is 5.18. The zero-order chi connectivity index (χ0) is 12.3. The number of ether oxygens (including phenoxy) is 1. The molecule has 6 heteroatoms. The van der Waals surface area contributed by atoms with Crippen molar-refractivity contribution in [1.82, 2.24) is 4.98 Å². The molecule has 0 atom stereocenters. The van der Waals surface area contributed by atoms with E-state index in [0.29, 0.717) is 5.75 Å². The van der Waals surface area contributed by atoms with Gasteiger partial charge in [-0.2, -0.15) is 0 Å². The summed E-state index contributed by atoms with van der Waals surface area (Å²) in [6, 6.07) is 10.4. The quantitative estimate of drug-likeness (QED) is 0.803. The number of hydrogen-bond acceptors (Lipinski definition) is 4. The van der Waals surface area contributed by atoms with E-state index in [0.717, 1.165) is 0 Å². The van der Waals surface area contributed by atoms with Crippen LogP contribution < -0.4 is 10.2 Å². The molecule has 0 fully saturated rings. The third-order valence-electron chi connectivity index (χ3n) is 2.10. The van der Waals surface area contributed by atoms with Crippen molar-refractivity contribution in [3.8, 4) is 11.6 Å². The number of halogens is 1. The molecule has 0 amide bonds. The van der Waals surface area contributed by atoms with Gasteiger partial charge in [-0.1, -0.05) is 29.8 Å². The zero-order valence-corrected chi connectivity index (χ0v) is 9.50. The zero-order valence-electron chi connectivity index (χ0n) is 8.75. The first-order valence-corrected chi connectivity index (χ1v) is 5.29. The van der Waals surface area contributed by atoms with Crippen LogP contribution in [0.15, 0.2) is 42.6 Å². The molecule has 0 unspecified atom stereocenters. The normalized spacial score (nSPS) is 10.1. The second-order valence-corrected chi connectivity index (χ2v) is 3.74. The highest BCUT2D eigenvalue weighted by Crippen LogP contribution is 2.18. The molecule has 0 aliphatic carbocycles. The number of rotatable bonds is 3. The minimum absolute atomic E-state index is 0.160. The van der Waals surface area contributed by atoms with Crippen LogP contribution in [0, 0.1) is 0 Å². The molecule has 4 nitrogen and oxygen atoms in total. The Hall–Kier alpha value is -1.56. The third-order valence-corrected chi connectivity index (χ3v) is 2.42. The Balaban J connectivity index is 2.26. The van der Waals surface area contributed by atoms with E-state index in [9.17, 15) is 0 Å². The van der Waals surface area contributed by atoms with Gasteiger partial charge in [-0.3, -0.25) is 0 Å². The van der Waals surface area contributed by atoms with Crippen molar-refractivity contribution >= 4 is 24.2 Å². The highest BCUT2D eigenvalue weighted by molar-refractivity contribution is 6.62. The van der Waals surface area contributed by atoms with Crippen LogP contribution in [0.25, 0.3) is 0 Å². The molecule has 2 N–H and O–H groups in total. The molecule has 1 aromatic heterocycles. The average Bonchev–Trinajstić information content (AvgIpc) is 2.32. The largest absolute Gasteiger partial charge is 0.490 e. The van der Waals surface area contributed by atoms with Crippen LogP contribution in [0.2, 0.25) is 5.02 Å². The first kappa shape index (κ1) is 11.9. The van der Waals surface area contributed by atoms with Crippen LogP contribution in [0.5, 0.6) is 11.6 Å². The van der Waals surface area contributed by atoms with Crippen molar-refractivity contribution in [2.45, 2.75) is 0 Å². The van der Waals surface area contributed by atoms with E-state index in [1.807, 2.05) is 18.2 Å². The van der Waals surface area contributed by atoms with Crippen LogP contribution >= 0.6 is 11.6 Å². The van der Waals surface area contributed by atoms with Crippen LogP contribution in [0.4, 0.5) is 0 Å². The molecule has 17 heavy (non-hydrogen) atoms. The molecular weight excluding hydrogens is 240 g/mol. The van der Waals surface area contributed by atoms with E-state index in [2.05, 4.69) is 4.98 Å². The topological polar surface area (TPSA) is 62.6 Å². The number of benzene rings is 1. The fraction of sp³-hybridized carbons (Fsp3) is 0. The summed E-state index contributed by atoms with van der Waals surface area (Å²) in [4.78, 5) is 3.94. The number of pyridine rings is 1. The lowest BCUT2D eigenvalue weighted by molar-refractivity contribution is 0.424. The maximum absolute atomic E-state index is 9.08. The van der Waals surface area contributed by atoms with Gasteiger partial charge in [-0.15, -0.1) is 0 Å². The molecule has 2 rings (SSSR count). The molecule has 0 aliphatic heterocycles. The highest BCUT2D eigenvalue weighted by Gasteiger charge is 2.17. The number of nitrogens with zero attached hydrogens (tertiary/aromatic N) is 1. The van der Waals surface area contributed by atoms with Crippen molar-refractivity contribution in [2.75, 3.05) is 0 Å². The minimum Gasteiger partial charge on any atom is -0.439 e. The van der Waals surface area contributed by atoms with Crippen molar-refractivity contribution in [3.63, 3.8) is 0 Å². The van der Waals surface area contributed by atoms with Gasteiger partial charge in [-0.25, -0.2) is 4.98 Å². The van der Waals surface area contributed by atoms with Gasteiger partial charge in [-0.05, 0) is 12.1 Å². The summed E-state index contributed by atoms with van der Waals surface area (Å²) < 4.78 is 5.43. The molecule has 0 spiro atoms. The standard InChI is InChI=1S/C11H9BClNO3/c13-10-7-14-11(6-9(10)12(15)16)17-8-4-2-1-3-5-8/h1-7,15-16H. The minimum atomic E-state index is -1.65. The number of aromatic nitrogens is 1. The Labute approximate surface area is 104 Å². The van der Waals surface area contributed by atoms with Crippen molar-refractivity contribution < 1.29 is 14.8 Å². The first-order chi connectivity index (χ1) is 8.16. The molecular formula is C11H9BClNO3. The van der Waals surface area contributed by atoms with E-state index in [1.165, 1.54) is 12.3 Å².